The lowest BCUT2D eigenvalue weighted by Crippen LogP contribution is -2.49. The monoisotopic (exact) mass is 510 g/mol. The molecule has 8 heteroatoms. The van der Waals surface area contributed by atoms with Crippen LogP contribution in [0.5, 0.6) is 0 Å². The van der Waals surface area contributed by atoms with Crippen molar-refractivity contribution in [1.29, 1.82) is 0 Å². The molecule has 2 aromatic rings. The van der Waals surface area contributed by atoms with E-state index in [2.05, 4.69) is 72.6 Å². The zero-order chi connectivity index (χ0) is 27.2. The third-order valence-electron chi connectivity index (χ3n) is 6.71. The molecule has 0 spiro atoms. The van der Waals surface area contributed by atoms with E-state index in [1.807, 2.05) is 48.5 Å². The molecule has 4 N–H and O–H groups in total. The average Bonchev–Trinajstić information content (AvgIpc) is 2.91. The Morgan fingerprint density at radius 2 is 0.919 bits per heavy atom. The number of urea groups is 2. The number of benzene rings is 2. The molecule has 4 amide bonds. The number of carbonyl (C=O) groups excluding carboxylic acids is 2. The number of nitrogens with one attached hydrogen (secondary N) is 4. The van der Waals surface area contributed by atoms with Crippen molar-refractivity contribution in [1.82, 2.24) is 20.4 Å². The molecule has 0 aromatic heterocycles. The Bertz CT molecular complexity index is 862. The van der Waals surface area contributed by atoms with Crippen LogP contribution in [0.15, 0.2) is 48.5 Å². The van der Waals surface area contributed by atoms with Gasteiger partial charge in [-0.25, -0.2) is 9.59 Å². The number of nitrogens with zero attached hydrogens (tertiary/aromatic N) is 2. The van der Waals surface area contributed by atoms with Crippen molar-refractivity contribution in [2.75, 3.05) is 36.8 Å². The van der Waals surface area contributed by atoms with E-state index in [4.69, 9.17) is 0 Å². The van der Waals surface area contributed by atoms with Crippen LogP contribution in [-0.4, -0.2) is 60.4 Å². The standard InChI is InChI=1S/C29H46N6O2/c1-7-26(34(9-3)10-4)32-28(36)30-24-17-13-22(14-18-24)21-23-15-19-25(20-16-23)31-29(37)33-27(8-2)35(11-5)12-6/h13-20,26-27H,7-12,21H2,1-6H3,(H2,30,32,36)(H2,31,33,37). The van der Waals surface area contributed by atoms with Crippen molar-refractivity contribution in [2.45, 2.75) is 73.1 Å². The van der Waals surface area contributed by atoms with Crippen molar-refractivity contribution in [3.63, 3.8) is 0 Å². The molecule has 0 saturated carbocycles. The van der Waals surface area contributed by atoms with Gasteiger partial charge in [-0.3, -0.25) is 9.80 Å². The van der Waals surface area contributed by atoms with E-state index in [0.717, 1.165) is 67.9 Å². The second-order valence-electron chi connectivity index (χ2n) is 9.06. The van der Waals surface area contributed by atoms with Crippen LogP contribution >= 0.6 is 0 Å². The number of amides is 4. The van der Waals surface area contributed by atoms with Crippen LogP contribution in [0.25, 0.3) is 0 Å². The smallest absolute Gasteiger partial charge is 0.320 e. The lowest BCUT2D eigenvalue weighted by molar-refractivity contribution is 0.177. The minimum Gasteiger partial charge on any atom is -0.322 e. The molecule has 2 unspecified atom stereocenters. The summed E-state index contributed by atoms with van der Waals surface area (Å²) in [6, 6.07) is 15.4. The van der Waals surface area contributed by atoms with Crippen LogP contribution in [-0.2, 0) is 6.42 Å². The summed E-state index contributed by atoms with van der Waals surface area (Å²) in [4.78, 5) is 29.4. The largest absolute Gasteiger partial charge is 0.322 e. The van der Waals surface area contributed by atoms with E-state index in [0.29, 0.717) is 0 Å². The van der Waals surface area contributed by atoms with Crippen LogP contribution < -0.4 is 21.3 Å². The quantitative estimate of drug-likeness (QED) is 0.246. The molecule has 0 heterocycles. The van der Waals surface area contributed by atoms with E-state index in [1.54, 1.807) is 0 Å². The average molecular weight is 511 g/mol. The third-order valence-corrected chi connectivity index (χ3v) is 6.71. The molecule has 0 radical (unpaired) electrons. The Morgan fingerprint density at radius 3 is 1.19 bits per heavy atom. The summed E-state index contributed by atoms with van der Waals surface area (Å²) in [5.74, 6) is 0. The van der Waals surface area contributed by atoms with E-state index in [9.17, 15) is 9.59 Å². The van der Waals surface area contributed by atoms with Gasteiger partial charge in [-0.05, 0) is 80.8 Å². The summed E-state index contributed by atoms with van der Waals surface area (Å²) in [7, 11) is 0. The van der Waals surface area contributed by atoms with Crippen molar-refractivity contribution < 1.29 is 9.59 Å². The highest BCUT2D eigenvalue weighted by atomic mass is 16.2. The molecule has 0 fully saturated rings. The van der Waals surface area contributed by atoms with Gasteiger partial charge < -0.3 is 21.3 Å². The van der Waals surface area contributed by atoms with Crippen molar-refractivity contribution in [3.8, 4) is 0 Å². The molecule has 0 aliphatic rings. The Morgan fingerprint density at radius 1 is 0.595 bits per heavy atom. The Kier molecular flexibility index (Phi) is 12.9. The van der Waals surface area contributed by atoms with Gasteiger partial charge >= 0.3 is 12.1 Å². The predicted molar refractivity (Wildman–Crippen MR) is 154 cm³/mol. The van der Waals surface area contributed by atoms with Crippen LogP contribution in [0.3, 0.4) is 0 Å². The topological polar surface area (TPSA) is 88.7 Å². The van der Waals surface area contributed by atoms with Gasteiger partial charge in [-0.1, -0.05) is 65.8 Å². The summed E-state index contributed by atoms with van der Waals surface area (Å²) in [6.07, 6.45) is 2.51. The highest BCUT2D eigenvalue weighted by molar-refractivity contribution is 5.90. The lowest BCUT2D eigenvalue weighted by Gasteiger charge is -2.29. The van der Waals surface area contributed by atoms with Gasteiger partial charge in [0, 0.05) is 11.4 Å². The SMILES string of the molecule is CCC(NC(=O)Nc1ccc(Cc2ccc(NC(=O)NC(CC)N(CC)CC)cc2)cc1)N(CC)CC. The minimum atomic E-state index is -0.194. The lowest BCUT2D eigenvalue weighted by atomic mass is 10.0. The number of anilines is 2. The molecule has 8 nitrogen and oxygen atoms in total. The van der Waals surface area contributed by atoms with Crippen LogP contribution in [0, 0.1) is 0 Å². The predicted octanol–water partition coefficient (Wildman–Crippen LogP) is 5.68. The summed E-state index contributed by atoms with van der Waals surface area (Å²) < 4.78 is 0. The maximum atomic E-state index is 12.5. The molecule has 37 heavy (non-hydrogen) atoms. The van der Waals surface area contributed by atoms with Crippen LogP contribution in [0.1, 0.15) is 65.5 Å². The maximum absolute atomic E-state index is 12.5. The number of hydrogen-bond acceptors (Lipinski definition) is 4. The number of carbonyl (C=O) groups is 2. The molecule has 2 rings (SSSR count). The normalized spacial score (nSPS) is 12.8. The van der Waals surface area contributed by atoms with Gasteiger partial charge in [0.05, 0.1) is 12.3 Å². The summed E-state index contributed by atoms with van der Waals surface area (Å²) in [5.41, 5.74) is 3.81. The molecule has 0 aliphatic heterocycles. The maximum Gasteiger partial charge on any atom is 0.320 e. The van der Waals surface area contributed by atoms with Gasteiger partial charge in [-0.15, -0.1) is 0 Å². The van der Waals surface area contributed by atoms with Crippen molar-refractivity contribution in [2.24, 2.45) is 0 Å². The Hall–Kier alpha value is -3.10. The van der Waals surface area contributed by atoms with E-state index < -0.39 is 0 Å². The first-order valence-corrected chi connectivity index (χ1v) is 13.7. The van der Waals surface area contributed by atoms with E-state index in [-0.39, 0.29) is 24.4 Å². The second-order valence-corrected chi connectivity index (χ2v) is 9.06. The summed E-state index contributed by atoms with van der Waals surface area (Å²) in [5, 5.41) is 12.0. The molecule has 204 valence electrons. The number of hydrogen-bond donors (Lipinski definition) is 4. The number of rotatable bonds is 14. The summed E-state index contributed by atoms with van der Waals surface area (Å²) in [6.45, 7) is 16.1. The molecule has 0 saturated heterocycles. The molecular formula is C29H46N6O2. The highest BCUT2D eigenvalue weighted by Crippen LogP contribution is 2.16. The fraction of sp³-hybridized carbons (Fsp3) is 0.517. The van der Waals surface area contributed by atoms with Crippen molar-refractivity contribution >= 4 is 23.4 Å². The van der Waals surface area contributed by atoms with Gasteiger partial charge in [0.2, 0.25) is 0 Å². The Labute approximate surface area is 223 Å². The van der Waals surface area contributed by atoms with Gasteiger partial charge in [0.25, 0.3) is 0 Å². The van der Waals surface area contributed by atoms with Crippen LogP contribution in [0.2, 0.25) is 0 Å². The first-order chi connectivity index (χ1) is 17.9. The molecule has 2 aromatic carbocycles. The highest BCUT2D eigenvalue weighted by Gasteiger charge is 2.17. The zero-order valence-electron chi connectivity index (χ0n) is 23.4. The Balaban J connectivity index is 1.88. The second kappa shape index (κ2) is 15.9. The van der Waals surface area contributed by atoms with E-state index in [1.165, 1.54) is 0 Å². The molecule has 2 atom stereocenters. The zero-order valence-corrected chi connectivity index (χ0v) is 23.4. The molecular weight excluding hydrogens is 464 g/mol. The fourth-order valence-electron chi connectivity index (χ4n) is 4.52. The molecule has 0 bridgehead atoms. The molecule has 0 aliphatic carbocycles. The first kappa shape index (κ1) is 30.1. The fourth-order valence-corrected chi connectivity index (χ4v) is 4.52. The van der Waals surface area contributed by atoms with Crippen molar-refractivity contribution in [3.05, 3.63) is 59.7 Å². The first-order valence-electron chi connectivity index (χ1n) is 13.7. The van der Waals surface area contributed by atoms with Gasteiger partial charge in [0.1, 0.15) is 0 Å². The van der Waals surface area contributed by atoms with Gasteiger partial charge in [0.15, 0.2) is 0 Å². The third kappa shape index (κ3) is 9.70. The van der Waals surface area contributed by atoms with E-state index >= 15 is 0 Å². The van der Waals surface area contributed by atoms with Gasteiger partial charge in [-0.2, -0.15) is 0 Å². The van der Waals surface area contributed by atoms with Crippen LogP contribution in [0.4, 0.5) is 21.0 Å². The summed E-state index contributed by atoms with van der Waals surface area (Å²) >= 11 is 0. The minimum absolute atomic E-state index is 0.0215.